The van der Waals surface area contributed by atoms with Crippen LogP contribution in [0.15, 0.2) is 0 Å². The van der Waals surface area contributed by atoms with Crippen LogP contribution < -0.4 is 0 Å². The maximum Gasteiger partial charge on any atom is 0.317 e. The summed E-state index contributed by atoms with van der Waals surface area (Å²) in [6, 6.07) is 0. The number of ether oxygens (including phenoxy) is 1. The molecule has 0 spiro atoms. The largest absolute Gasteiger partial charge is 0.480 e. The lowest BCUT2D eigenvalue weighted by molar-refractivity contribution is -0.139. The lowest BCUT2D eigenvalue weighted by Crippen LogP contribution is -2.48. The summed E-state index contributed by atoms with van der Waals surface area (Å²) >= 11 is 4.27. The van der Waals surface area contributed by atoms with Crippen molar-refractivity contribution in [1.29, 1.82) is 0 Å². The zero-order chi connectivity index (χ0) is 20.1. The van der Waals surface area contributed by atoms with E-state index >= 15 is 0 Å². The van der Waals surface area contributed by atoms with Gasteiger partial charge in [0.1, 0.15) is 6.73 Å². The number of hydrogen-bond donors (Lipinski definition) is 3. The van der Waals surface area contributed by atoms with Crippen LogP contribution in [0.5, 0.6) is 0 Å². The minimum atomic E-state index is -0.883. The molecule has 0 amide bonds. The molecule has 156 valence electrons. The van der Waals surface area contributed by atoms with E-state index in [0.717, 1.165) is 6.54 Å². The van der Waals surface area contributed by atoms with Crippen molar-refractivity contribution in [2.24, 2.45) is 0 Å². The molecule has 0 aliphatic carbocycles. The second-order valence-electron chi connectivity index (χ2n) is 6.42. The molecule has 0 radical (unpaired) electrons. The Balaban J connectivity index is 2.81. The standard InChI is InChI=1S/C16H30N4O6S/c21-14-26-13-20-7-5-18(11-15(22)23)3-1-17(9-10-27)2-4-19(6-8-20)12-16(24)25/h14,27H,1-13H2,(H,22,23)(H,24,25). The van der Waals surface area contributed by atoms with Gasteiger partial charge in [0.05, 0.1) is 13.1 Å². The molecule has 0 saturated carbocycles. The highest BCUT2D eigenvalue weighted by Crippen LogP contribution is 2.01. The number of carbonyl (C=O) groups excluding carboxylic acids is 1. The van der Waals surface area contributed by atoms with Gasteiger partial charge < -0.3 is 14.9 Å². The van der Waals surface area contributed by atoms with Crippen molar-refractivity contribution >= 4 is 31.0 Å². The molecule has 0 unspecified atom stereocenters. The zero-order valence-electron chi connectivity index (χ0n) is 15.5. The summed E-state index contributed by atoms with van der Waals surface area (Å²) in [6.45, 7) is 5.72. The van der Waals surface area contributed by atoms with Gasteiger partial charge in [0, 0.05) is 64.7 Å². The number of aliphatic carboxylic acids is 2. The maximum atomic E-state index is 11.1. The summed E-state index contributed by atoms with van der Waals surface area (Å²) in [7, 11) is 0. The fourth-order valence-corrected chi connectivity index (χ4v) is 3.19. The Bertz CT molecular complexity index is 438. The van der Waals surface area contributed by atoms with Gasteiger partial charge in [-0.1, -0.05) is 0 Å². The quantitative estimate of drug-likeness (QED) is 0.307. The molecule has 0 aromatic rings. The Labute approximate surface area is 165 Å². The molecule has 1 rings (SSSR count). The molecule has 0 aromatic carbocycles. The number of thiol groups is 1. The first-order chi connectivity index (χ1) is 12.9. The third-order valence-corrected chi connectivity index (χ3v) is 4.59. The molecular formula is C16H30N4O6S. The highest BCUT2D eigenvalue weighted by atomic mass is 32.1. The van der Waals surface area contributed by atoms with E-state index in [1.807, 2.05) is 14.7 Å². The second kappa shape index (κ2) is 13.7. The third kappa shape index (κ3) is 11.1. The normalized spacial score (nSPS) is 19.7. The van der Waals surface area contributed by atoms with Crippen molar-refractivity contribution < 1.29 is 29.3 Å². The van der Waals surface area contributed by atoms with Crippen LogP contribution in [0.3, 0.4) is 0 Å². The highest BCUT2D eigenvalue weighted by molar-refractivity contribution is 7.80. The van der Waals surface area contributed by atoms with Crippen LogP contribution in [0, 0.1) is 0 Å². The Kier molecular flexibility index (Phi) is 12.0. The Hall–Kier alpha value is -1.40. The van der Waals surface area contributed by atoms with Crippen molar-refractivity contribution in [3.63, 3.8) is 0 Å². The monoisotopic (exact) mass is 406 g/mol. The van der Waals surface area contributed by atoms with Crippen molar-refractivity contribution in [3.8, 4) is 0 Å². The minimum Gasteiger partial charge on any atom is -0.480 e. The molecule has 2 N–H and O–H groups in total. The van der Waals surface area contributed by atoms with Gasteiger partial charge in [-0.15, -0.1) is 0 Å². The smallest absolute Gasteiger partial charge is 0.317 e. The Morgan fingerprint density at radius 2 is 1.22 bits per heavy atom. The molecular weight excluding hydrogens is 376 g/mol. The second-order valence-corrected chi connectivity index (χ2v) is 6.86. The van der Waals surface area contributed by atoms with Gasteiger partial charge in [-0.3, -0.25) is 34.0 Å². The van der Waals surface area contributed by atoms with E-state index in [1.165, 1.54) is 0 Å². The molecule has 10 nitrogen and oxygen atoms in total. The van der Waals surface area contributed by atoms with Gasteiger partial charge in [0.15, 0.2) is 0 Å². The lowest BCUT2D eigenvalue weighted by Gasteiger charge is -2.33. The maximum absolute atomic E-state index is 11.1. The van der Waals surface area contributed by atoms with Crippen LogP contribution in [0.2, 0.25) is 0 Å². The summed E-state index contributed by atoms with van der Waals surface area (Å²) in [6.07, 6.45) is 0. The predicted octanol–water partition coefficient (Wildman–Crippen LogP) is -1.56. The Morgan fingerprint density at radius 3 is 1.59 bits per heavy atom. The molecule has 27 heavy (non-hydrogen) atoms. The molecule has 1 heterocycles. The van der Waals surface area contributed by atoms with Crippen molar-refractivity contribution in [1.82, 2.24) is 19.6 Å². The van der Waals surface area contributed by atoms with Crippen LogP contribution >= 0.6 is 12.6 Å². The third-order valence-electron chi connectivity index (χ3n) is 4.39. The van der Waals surface area contributed by atoms with E-state index in [9.17, 15) is 14.4 Å². The first-order valence-electron chi connectivity index (χ1n) is 8.93. The zero-order valence-corrected chi connectivity index (χ0v) is 16.4. The molecule has 1 fully saturated rings. The van der Waals surface area contributed by atoms with Crippen molar-refractivity contribution in [3.05, 3.63) is 0 Å². The number of rotatable bonds is 9. The van der Waals surface area contributed by atoms with E-state index < -0.39 is 11.9 Å². The highest BCUT2D eigenvalue weighted by Gasteiger charge is 2.18. The van der Waals surface area contributed by atoms with Gasteiger partial charge in [0.25, 0.3) is 6.47 Å². The number of carboxylic acid groups (broad SMARTS) is 2. The van der Waals surface area contributed by atoms with Crippen molar-refractivity contribution in [2.75, 3.05) is 84.5 Å². The SMILES string of the molecule is O=COCN1CCN(CC(=O)O)CCN(CCS)CCN(CC(=O)O)CC1. The van der Waals surface area contributed by atoms with Crippen LogP contribution in [-0.2, 0) is 19.1 Å². The molecule has 1 aliphatic rings. The van der Waals surface area contributed by atoms with Crippen LogP contribution in [0.4, 0.5) is 0 Å². The summed E-state index contributed by atoms with van der Waals surface area (Å²) in [4.78, 5) is 40.5. The molecule has 0 bridgehead atoms. The van der Waals surface area contributed by atoms with Gasteiger partial charge >= 0.3 is 11.9 Å². The summed E-state index contributed by atoms with van der Waals surface area (Å²) < 4.78 is 4.84. The van der Waals surface area contributed by atoms with Gasteiger partial charge in [-0.2, -0.15) is 12.6 Å². The number of hydrogen-bond acceptors (Lipinski definition) is 9. The lowest BCUT2D eigenvalue weighted by atomic mass is 10.3. The summed E-state index contributed by atoms with van der Waals surface area (Å²) in [5.41, 5.74) is 0. The van der Waals surface area contributed by atoms with E-state index in [-0.39, 0.29) is 19.8 Å². The minimum absolute atomic E-state index is 0.0533. The molecule has 0 atom stereocenters. The molecule has 11 heteroatoms. The van der Waals surface area contributed by atoms with Crippen LogP contribution in [-0.4, -0.2) is 133 Å². The fourth-order valence-electron chi connectivity index (χ4n) is 2.91. The van der Waals surface area contributed by atoms with Crippen molar-refractivity contribution in [2.45, 2.75) is 0 Å². The van der Waals surface area contributed by atoms with Gasteiger partial charge in [0.2, 0.25) is 0 Å². The van der Waals surface area contributed by atoms with Crippen LogP contribution in [0.25, 0.3) is 0 Å². The molecule has 1 aliphatic heterocycles. The van der Waals surface area contributed by atoms with E-state index in [4.69, 9.17) is 14.9 Å². The average molecular weight is 407 g/mol. The van der Waals surface area contributed by atoms with Crippen LogP contribution in [0.1, 0.15) is 0 Å². The van der Waals surface area contributed by atoms with E-state index in [1.54, 1.807) is 0 Å². The molecule has 0 aromatic heterocycles. The number of carboxylic acids is 2. The fraction of sp³-hybridized carbons (Fsp3) is 0.812. The Morgan fingerprint density at radius 1 is 0.815 bits per heavy atom. The van der Waals surface area contributed by atoms with E-state index in [2.05, 4.69) is 17.5 Å². The van der Waals surface area contributed by atoms with E-state index in [0.29, 0.717) is 64.6 Å². The van der Waals surface area contributed by atoms with Gasteiger partial charge in [-0.25, -0.2) is 0 Å². The number of carbonyl (C=O) groups is 3. The first kappa shape index (κ1) is 23.6. The van der Waals surface area contributed by atoms with Gasteiger partial charge in [-0.05, 0) is 0 Å². The topological polar surface area (TPSA) is 114 Å². The number of nitrogens with zero attached hydrogens (tertiary/aromatic N) is 4. The molecule has 1 saturated heterocycles. The first-order valence-corrected chi connectivity index (χ1v) is 9.57. The predicted molar refractivity (Wildman–Crippen MR) is 102 cm³/mol. The summed E-state index contributed by atoms with van der Waals surface area (Å²) in [5, 5.41) is 18.3. The average Bonchev–Trinajstić information content (AvgIpc) is 2.60. The summed E-state index contributed by atoms with van der Waals surface area (Å²) in [5.74, 6) is -1.09.